The van der Waals surface area contributed by atoms with Crippen molar-refractivity contribution in [1.29, 1.82) is 0 Å². The summed E-state index contributed by atoms with van der Waals surface area (Å²) in [7, 11) is 1.94. The molecular formula is C20H22N4O. The summed E-state index contributed by atoms with van der Waals surface area (Å²) in [6.45, 7) is 4.63. The van der Waals surface area contributed by atoms with Crippen LogP contribution in [0.25, 0.3) is 17.0 Å². The quantitative estimate of drug-likeness (QED) is 0.730. The molecule has 0 radical (unpaired) electrons. The lowest BCUT2D eigenvalue weighted by Crippen LogP contribution is -2.23. The van der Waals surface area contributed by atoms with E-state index < -0.39 is 0 Å². The Morgan fingerprint density at radius 3 is 2.80 bits per heavy atom. The van der Waals surface area contributed by atoms with Gasteiger partial charge in [-0.25, -0.2) is 0 Å². The number of carbonyl (C=O) groups excluding carboxylic acids is 1. The molecule has 128 valence electrons. The Labute approximate surface area is 147 Å². The predicted octanol–water partition coefficient (Wildman–Crippen LogP) is 2.96. The van der Waals surface area contributed by atoms with Crippen molar-refractivity contribution >= 4 is 22.9 Å². The predicted molar refractivity (Wildman–Crippen MR) is 100 cm³/mol. The first kappa shape index (κ1) is 16.9. The van der Waals surface area contributed by atoms with E-state index >= 15 is 0 Å². The highest BCUT2D eigenvalue weighted by atomic mass is 16.1. The summed E-state index contributed by atoms with van der Waals surface area (Å²) in [5.41, 5.74) is 5.20. The van der Waals surface area contributed by atoms with E-state index in [0.29, 0.717) is 6.54 Å². The number of benzene rings is 1. The van der Waals surface area contributed by atoms with E-state index in [9.17, 15) is 4.79 Å². The van der Waals surface area contributed by atoms with E-state index in [1.54, 1.807) is 12.3 Å². The lowest BCUT2D eigenvalue weighted by atomic mass is 10.1. The smallest absolute Gasteiger partial charge is 0.244 e. The van der Waals surface area contributed by atoms with Gasteiger partial charge in [0.25, 0.3) is 0 Å². The molecular weight excluding hydrogens is 312 g/mol. The monoisotopic (exact) mass is 334 g/mol. The third-order valence-corrected chi connectivity index (χ3v) is 4.41. The Morgan fingerprint density at radius 2 is 2.04 bits per heavy atom. The van der Waals surface area contributed by atoms with Gasteiger partial charge in [-0.3, -0.25) is 14.5 Å². The van der Waals surface area contributed by atoms with Crippen LogP contribution in [0.15, 0.2) is 42.6 Å². The molecule has 3 aromatic rings. The molecule has 0 fully saturated rings. The van der Waals surface area contributed by atoms with Crippen LogP contribution in [0.3, 0.4) is 0 Å². The number of hydrogen-bond acceptors (Lipinski definition) is 3. The van der Waals surface area contributed by atoms with Gasteiger partial charge in [-0.1, -0.05) is 24.3 Å². The Hall–Kier alpha value is -2.95. The maximum absolute atomic E-state index is 12.1. The van der Waals surface area contributed by atoms with E-state index in [1.165, 1.54) is 5.56 Å². The van der Waals surface area contributed by atoms with Gasteiger partial charge in [0.1, 0.15) is 0 Å². The number of amides is 1. The van der Waals surface area contributed by atoms with Crippen molar-refractivity contribution in [1.82, 2.24) is 20.1 Å². The highest BCUT2D eigenvalue weighted by Gasteiger charge is 2.09. The zero-order valence-electron chi connectivity index (χ0n) is 14.8. The standard InChI is InChI=1S/C20H22N4O/c1-14-18(15(2)24(3)23-14)11-13-21-19(25)10-9-17-7-4-6-16-8-5-12-22-20(16)17/h4-10,12H,11,13H2,1-3H3,(H,21,25). The van der Waals surface area contributed by atoms with Gasteiger partial charge in [0.2, 0.25) is 5.91 Å². The van der Waals surface area contributed by atoms with Crippen LogP contribution in [0.4, 0.5) is 0 Å². The Kier molecular flexibility index (Phi) is 4.93. The number of carbonyl (C=O) groups is 1. The normalized spacial score (nSPS) is 11.3. The molecule has 5 nitrogen and oxygen atoms in total. The van der Waals surface area contributed by atoms with Crippen molar-refractivity contribution < 1.29 is 4.79 Å². The second-order valence-corrected chi connectivity index (χ2v) is 6.07. The van der Waals surface area contributed by atoms with Crippen LogP contribution in [0, 0.1) is 13.8 Å². The average Bonchev–Trinajstić information content (AvgIpc) is 2.86. The molecule has 0 aliphatic heterocycles. The third kappa shape index (κ3) is 3.76. The van der Waals surface area contributed by atoms with Gasteiger partial charge >= 0.3 is 0 Å². The summed E-state index contributed by atoms with van der Waals surface area (Å²) < 4.78 is 1.87. The van der Waals surface area contributed by atoms with Crippen molar-refractivity contribution in [2.45, 2.75) is 20.3 Å². The summed E-state index contributed by atoms with van der Waals surface area (Å²) in [5.74, 6) is -0.105. The van der Waals surface area contributed by atoms with Crippen molar-refractivity contribution in [2.75, 3.05) is 6.54 Å². The summed E-state index contributed by atoms with van der Waals surface area (Å²) >= 11 is 0. The fourth-order valence-corrected chi connectivity index (χ4v) is 2.98. The van der Waals surface area contributed by atoms with Gasteiger partial charge in [0.05, 0.1) is 11.2 Å². The van der Waals surface area contributed by atoms with Crippen LogP contribution in [0.5, 0.6) is 0 Å². The SMILES string of the molecule is Cc1nn(C)c(C)c1CCNC(=O)C=Cc1cccc2cccnc12. The molecule has 0 unspecified atom stereocenters. The fourth-order valence-electron chi connectivity index (χ4n) is 2.98. The fraction of sp³-hybridized carbons (Fsp3) is 0.250. The molecule has 0 saturated carbocycles. The summed E-state index contributed by atoms with van der Waals surface area (Å²) in [5, 5.41) is 8.39. The van der Waals surface area contributed by atoms with Crippen LogP contribution < -0.4 is 5.32 Å². The Bertz CT molecular complexity index is 935. The summed E-state index contributed by atoms with van der Waals surface area (Å²) in [6, 6.07) is 9.86. The minimum absolute atomic E-state index is 0.105. The number of para-hydroxylation sites is 1. The zero-order chi connectivity index (χ0) is 17.8. The molecule has 2 aromatic heterocycles. The molecule has 0 atom stereocenters. The van der Waals surface area contributed by atoms with E-state index in [2.05, 4.69) is 15.4 Å². The van der Waals surface area contributed by atoms with Gasteiger partial charge in [0, 0.05) is 42.5 Å². The van der Waals surface area contributed by atoms with Crippen molar-refractivity contribution in [3.63, 3.8) is 0 Å². The first-order valence-corrected chi connectivity index (χ1v) is 8.35. The lowest BCUT2D eigenvalue weighted by molar-refractivity contribution is -0.116. The number of nitrogens with zero attached hydrogens (tertiary/aromatic N) is 3. The molecule has 0 bridgehead atoms. The van der Waals surface area contributed by atoms with Gasteiger partial charge in [-0.2, -0.15) is 5.10 Å². The van der Waals surface area contributed by atoms with E-state index in [-0.39, 0.29) is 5.91 Å². The second kappa shape index (κ2) is 7.30. The van der Waals surface area contributed by atoms with Crippen LogP contribution >= 0.6 is 0 Å². The van der Waals surface area contributed by atoms with Gasteiger partial charge < -0.3 is 5.32 Å². The molecule has 0 aliphatic carbocycles. The number of nitrogens with one attached hydrogen (secondary N) is 1. The Balaban J connectivity index is 1.61. The second-order valence-electron chi connectivity index (χ2n) is 6.07. The summed E-state index contributed by atoms with van der Waals surface area (Å²) in [6.07, 6.45) is 5.91. The summed E-state index contributed by atoms with van der Waals surface area (Å²) in [4.78, 5) is 16.5. The molecule has 3 rings (SSSR count). The largest absolute Gasteiger partial charge is 0.352 e. The highest BCUT2D eigenvalue weighted by Crippen LogP contribution is 2.17. The highest BCUT2D eigenvalue weighted by molar-refractivity contribution is 5.95. The van der Waals surface area contributed by atoms with E-state index in [4.69, 9.17) is 0 Å². The number of pyridine rings is 1. The third-order valence-electron chi connectivity index (χ3n) is 4.41. The Morgan fingerprint density at radius 1 is 1.24 bits per heavy atom. The minimum Gasteiger partial charge on any atom is -0.352 e. The molecule has 0 spiro atoms. The maximum atomic E-state index is 12.1. The number of rotatable bonds is 5. The average molecular weight is 334 g/mol. The molecule has 25 heavy (non-hydrogen) atoms. The van der Waals surface area contributed by atoms with Crippen molar-refractivity contribution in [2.24, 2.45) is 7.05 Å². The van der Waals surface area contributed by atoms with Gasteiger partial charge in [-0.05, 0) is 38.0 Å². The maximum Gasteiger partial charge on any atom is 0.244 e. The van der Waals surface area contributed by atoms with Crippen LogP contribution in [0.1, 0.15) is 22.5 Å². The molecule has 1 N–H and O–H groups in total. The van der Waals surface area contributed by atoms with Crippen LogP contribution in [-0.2, 0) is 18.3 Å². The minimum atomic E-state index is -0.105. The van der Waals surface area contributed by atoms with Gasteiger partial charge in [0.15, 0.2) is 0 Å². The molecule has 1 amide bonds. The molecule has 2 heterocycles. The van der Waals surface area contributed by atoms with Crippen molar-refractivity contribution in [3.05, 3.63) is 65.1 Å². The van der Waals surface area contributed by atoms with Gasteiger partial charge in [-0.15, -0.1) is 0 Å². The lowest BCUT2D eigenvalue weighted by Gasteiger charge is -2.04. The first-order chi connectivity index (χ1) is 12.1. The zero-order valence-corrected chi connectivity index (χ0v) is 14.8. The molecule has 0 saturated heterocycles. The number of fused-ring (bicyclic) bond motifs is 1. The first-order valence-electron chi connectivity index (χ1n) is 8.35. The number of aromatic nitrogens is 3. The molecule has 5 heteroatoms. The molecule has 0 aliphatic rings. The number of aryl methyl sites for hydroxylation is 2. The van der Waals surface area contributed by atoms with E-state index in [0.717, 1.165) is 34.3 Å². The molecule has 1 aromatic carbocycles. The van der Waals surface area contributed by atoms with E-state index in [1.807, 2.05) is 62.0 Å². The number of hydrogen-bond donors (Lipinski definition) is 1. The van der Waals surface area contributed by atoms with Crippen LogP contribution in [-0.4, -0.2) is 27.2 Å². The topological polar surface area (TPSA) is 59.8 Å². The van der Waals surface area contributed by atoms with Crippen LogP contribution in [0.2, 0.25) is 0 Å². The van der Waals surface area contributed by atoms with Crippen molar-refractivity contribution in [3.8, 4) is 0 Å².